The van der Waals surface area contributed by atoms with E-state index in [-0.39, 0.29) is 30.4 Å². The molecule has 26 heavy (non-hydrogen) atoms. The largest absolute Gasteiger partial charge is 0.459 e. The summed E-state index contributed by atoms with van der Waals surface area (Å²) in [5.41, 5.74) is 0.513. The van der Waals surface area contributed by atoms with Gasteiger partial charge in [-0.25, -0.2) is 0 Å². The summed E-state index contributed by atoms with van der Waals surface area (Å²) in [4.78, 5) is 40.1. The Morgan fingerprint density at radius 3 is 2.35 bits per heavy atom. The first-order valence-corrected chi connectivity index (χ1v) is 8.82. The number of amides is 2. The number of hydrogen-bond donors (Lipinski definition) is 0. The zero-order valence-corrected chi connectivity index (χ0v) is 14.9. The van der Waals surface area contributed by atoms with Gasteiger partial charge in [0, 0.05) is 49.6 Å². The number of halogens is 1. The number of Topliss-reactive ketones (excluding diaryl/α,β-unsaturated/α-hetero) is 1. The smallest absolute Gasteiger partial charge is 0.289 e. The summed E-state index contributed by atoms with van der Waals surface area (Å²) in [7, 11) is 0. The van der Waals surface area contributed by atoms with Crippen molar-refractivity contribution in [1.29, 1.82) is 0 Å². The fourth-order valence-electron chi connectivity index (χ4n) is 2.90. The fraction of sp³-hybridized carbons (Fsp3) is 0.316. The highest BCUT2D eigenvalue weighted by atomic mass is 35.5. The molecule has 0 unspecified atom stereocenters. The molecule has 2 amide bonds. The first-order valence-electron chi connectivity index (χ1n) is 8.44. The lowest BCUT2D eigenvalue weighted by atomic mass is 10.1. The molecule has 1 aromatic carbocycles. The van der Waals surface area contributed by atoms with Gasteiger partial charge in [0.15, 0.2) is 11.5 Å². The summed E-state index contributed by atoms with van der Waals surface area (Å²) in [6.45, 7) is 1.81. The lowest BCUT2D eigenvalue weighted by Crippen LogP contribution is -2.50. The molecule has 1 aromatic heterocycles. The lowest BCUT2D eigenvalue weighted by molar-refractivity contribution is -0.132. The van der Waals surface area contributed by atoms with Crippen molar-refractivity contribution in [2.45, 2.75) is 12.8 Å². The zero-order valence-electron chi connectivity index (χ0n) is 14.2. The number of carbonyl (C=O) groups is 3. The molecule has 1 fully saturated rings. The molecule has 2 aromatic rings. The predicted octanol–water partition coefficient (Wildman–Crippen LogP) is 2.88. The van der Waals surface area contributed by atoms with Crippen LogP contribution in [0.2, 0.25) is 5.02 Å². The summed E-state index contributed by atoms with van der Waals surface area (Å²) >= 11 is 5.88. The molecule has 0 atom stereocenters. The van der Waals surface area contributed by atoms with Gasteiger partial charge in [-0.3, -0.25) is 14.4 Å². The molecule has 7 heteroatoms. The highest BCUT2D eigenvalue weighted by Gasteiger charge is 2.26. The summed E-state index contributed by atoms with van der Waals surface area (Å²) in [5, 5.41) is 0.500. The van der Waals surface area contributed by atoms with E-state index in [0.29, 0.717) is 42.5 Å². The van der Waals surface area contributed by atoms with Crippen LogP contribution in [0.1, 0.15) is 33.8 Å². The van der Waals surface area contributed by atoms with Gasteiger partial charge in [-0.2, -0.15) is 0 Å². The van der Waals surface area contributed by atoms with E-state index in [1.165, 1.54) is 6.26 Å². The summed E-state index contributed by atoms with van der Waals surface area (Å²) in [5.74, 6) is -0.0481. The Labute approximate surface area is 156 Å². The van der Waals surface area contributed by atoms with Crippen molar-refractivity contribution in [3.8, 4) is 0 Å². The number of nitrogens with zero attached hydrogens (tertiary/aromatic N) is 2. The van der Waals surface area contributed by atoms with Crippen LogP contribution in [0.4, 0.5) is 0 Å². The number of hydrogen-bond acceptors (Lipinski definition) is 4. The SMILES string of the molecule is O=C(CCC(=O)N1CCN(C(=O)c2ccco2)CC1)c1cccc(Cl)c1. The van der Waals surface area contributed by atoms with E-state index in [0.717, 1.165) is 0 Å². The van der Waals surface area contributed by atoms with Gasteiger partial charge in [0.1, 0.15) is 0 Å². The van der Waals surface area contributed by atoms with Crippen molar-refractivity contribution in [3.05, 3.63) is 59.0 Å². The topological polar surface area (TPSA) is 70.8 Å². The van der Waals surface area contributed by atoms with E-state index >= 15 is 0 Å². The third-order valence-corrected chi connectivity index (χ3v) is 4.60. The monoisotopic (exact) mass is 374 g/mol. The predicted molar refractivity (Wildman–Crippen MR) is 96.2 cm³/mol. The molecule has 2 heterocycles. The Hall–Kier alpha value is -2.60. The fourth-order valence-corrected chi connectivity index (χ4v) is 3.09. The van der Waals surface area contributed by atoms with Crippen LogP contribution in [0.15, 0.2) is 47.1 Å². The minimum Gasteiger partial charge on any atom is -0.459 e. The maximum absolute atomic E-state index is 12.3. The van der Waals surface area contributed by atoms with Gasteiger partial charge in [0.25, 0.3) is 5.91 Å². The zero-order chi connectivity index (χ0) is 18.5. The number of piperazine rings is 1. The van der Waals surface area contributed by atoms with Crippen molar-refractivity contribution in [2.24, 2.45) is 0 Å². The quantitative estimate of drug-likeness (QED) is 0.754. The lowest BCUT2D eigenvalue weighted by Gasteiger charge is -2.34. The molecule has 136 valence electrons. The molecular formula is C19H19ClN2O4. The third kappa shape index (κ3) is 4.32. The minimum absolute atomic E-state index is 0.0783. The molecule has 0 N–H and O–H groups in total. The first-order chi connectivity index (χ1) is 12.5. The van der Waals surface area contributed by atoms with Crippen molar-refractivity contribution < 1.29 is 18.8 Å². The maximum Gasteiger partial charge on any atom is 0.289 e. The van der Waals surface area contributed by atoms with Gasteiger partial charge in [-0.05, 0) is 24.3 Å². The molecule has 3 rings (SSSR count). The first kappa shape index (κ1) is 18.2. The Bertz CT molecular complexity index is 796. The van der Waals surface area contributed by atoms with Gasteiger partial charge < -0.3 is 14.2 Å². The van der Waals surface area contributed by atoms with Crippen molar-refractivity contribution in [1.82, 2.24) is 9.80 Å². The van der Waals surface area contributed by atoms with Crippen LogP contribution >= 0.6 is 11.6 Å². The molecule has 1 aliphatic rings. The van der Waals surface area contributed by atoms with E-state index in [2.05, 4.69) is 0 Å². The average Bonchev–Trinajstić information content (AvgIpc) is 3.20. The Kier molecular flexibility index (Phi) is 5.73. The molecule has 1 aliphatic heterocycles. The number of rotatable bonds is 5. The normalized spacial score (nSPS) is 14.3. The van der Waals surface area contributed by atoms with E-state index < -0.39 is 0 Å². The molecular weight excluding hydrogens is 356 g/mol. The van der Waals surface area contributed by atoms with Crippen LogP contribution in [0.5, 0.6) is 0 Å². The second-order valence-electron chi connectivity index (χ2n) is 6.08. The summed E-state index contributed by atoms with van der Waals surface area (Å²) in [6.07, 6.45) is 1.76. The second kappa shape index (κ2) is 8.19. The molecule has 0 spiro atoms. The maximum atomic E-state index is 12.3. The highest BCUT2D eigenvalue weighted by molar-refractivity contribution is 6.31. The van der Waals surface area contributed by atoms with Crippen LogP contribution in [0.3, 0.4) is 0 Å². The van der Waals surface area contributed by atoms with Gasteiger partial charge >= 0.3 is 0 Å². The average molecular weight is 375 g/mol. The van der Waals surface area contributed by atoms with Crippen LogP contribution in [-0.2, 0) is 4.79 Å². The van der Waals surface area contributed by atoms with Gasteiger partial charge in [-0.1, -0.05) is 23.7 Å². The van der Waals surface area contributed by atoms with E-state index in [9.17, 15) is 14.4 Å². The van der Waals surface area contributed by atoms with Crippen molar-refractivity contribution >= 4 is 29.2 Å². The van der Waals surface area contributed by atoms with Gasteiger partial charge in [0.05, 0.1) is 6.26 Å². The number of carbonyl (C=O) groups excluding carboxylic acids is 3. The standard InChI is InChI=1S/C19H19ClN2O4/c20-15-4-1-3-14(13-15)16(23)6-7-18(24)21-8-10-22(11-9-21)19(25)17-5-2-12-26-17/h1-5,12-13H,6-11H2. The Balaban J connectivity index is 1.46. The number of furan rings is 1. The van der Waals surface area contributed by atoms with E-state index in [4.69, 9.17) is 16.0 Å². The number of ketones is 1. The van der Waals surface area contributed by atoms with Gasteiger partial charge in [-0.15, -0.1) is 0 Å². The Morgan fingerprint density at radius 1 is 0.962 bits per heavy atom. The second-order valence-corrected chi connectivity index (χ2v) is 6.52. The number of benzene rings is 1. The molecule has 0 radical (unpaired) electrons. The highest BCUT2D eigenvalue weighted by Crippen LogP contribution is 2.14. The van der Waals surface area contributed by atoms with Crippen molar-refractivity contribution in [2.75, 3.05) is 26.2 Å². The molecule has 1 saturated heterocycles. The molecule has 0 bridgehead atoms. The third-order valence-electron chi connectivity index (χ3n) is 4.36. The summed E-state index contributed by atoms with van der Waals surface area (Å²) < 4.78 is 5.12. The minimum atomic E-state index is -0.168. The summed E-state index contributed by atoms with van der Waals surface area (Å²) in [6, 6.07) is 10.0. The van der Waals surface area contributed by atoms with Crippen LogP contribution in [0.25, 0.3) is 0 Å². The van der Waals surface area contributed by atoms with Gasteiger partial charge in [0.2, 0.25) is 5.91 Å². The van der Waals surface area contributed by atoms with E-state index in [1.807, 2.05) is 0 Å². The van der Waals surface area contributed by atoms with Crippen LogP contribution in [0, 0.1) is 0 Å². The van der Waals surface area contributed by atoms with Crippen LogP contribution in [-0.4, -0.2) is 53.6 Å². The van der Waals surface area contributed by atoms with Crippen LogP contribution < -0.4 is 0 Å². The van der Waals surface area contributed by atoms with Crippen molar-refractivity contribution in [3.63, 3.8) is 0 Å². The van der Waals surface area contributed by atoms with E-state index in [1.54, 1.807) is 46.2 Å². The molecule has 0 saturated carbocycles. The molecule has 6 nitrogen and oxygen atoms in total. The Morgan fingerprint density at radius 2 is 1.69 bits per heavy atom. The molecule has 0 aliphatic carbocycles.